The Bertz CT molecular complexity index is 986. The van der Waals surface area contributed by atoms with Gasteiger partial charge in [0, 0.05) is 50.9 Å². The number of aryl methyl sites for hydroxylation is 2. The first-order valence-corrected chi connectivity index (χ1v) is 12.7. The Kier molecular flexibility index (Phi) is 8.55. The molecule has 3 N–H and O–H groups in total. The van der Waals surface area contributed by atoms with E-state index >= 15 is 0 Å². The molecule has 188 valence electrons. The van der Waals surface area contributed by atoms with Gasteiger partial charge in [-0.25, -0.2) is 0 Å². The van der Waals surface area contributed by atoms with Gasteiger partial charge in [-0.15, -0.1) is 0 Å². The molecule has 3 unspecified atom stereocenters. The summed E-state index contributed by atoms with van der Waals surface area (Å²) in [5.41, 5.74) is 9.78. The molecule has 4 rings (SSSR count). The second kappa shape index (κ2) is 11.8. The zero-order valence-electron chi connectivity index (χ0n) is 20.9. The molecule has 2 fully saturated rings. The number of carbonyl (C=O) groups is 2. The molecule has 2 heterocycles. The fourth-order valence-electron chi connectivity index (χ4n) is 5.05. The maximum Gasteiger partial charge on any atom is 0.254 e. The van der Waals surface area contributed by atoms with Crippen LogP contribution in [0.5, 0.6) is 0 Å². The molecule has 2 saturated heterocycles. The maximum atomic E-state index is 13.5. The summed E-state index contributed by atoms with van der Waals surface area (Å²) in [5, 5.41) is 2.91. The molecular weight excluding hydrogens is 440 g/mol. The lowest BCUT2D eigenvalue weighted by Gasteiger charge is -2.31. The summed E-state index contributed by atoms with van der Waals surface area (Å²) in [4.78, 5) is 30.8. The Morgan fingerprint density at radius 1 is 1.09 bits per heavy atom. The van der Waals surface area contributed by atoms with Gasteiger partial charge in [0.05, 0.1) is 6.10 Å². The Morgan fingerprint density at radius 3 is 2.40 bits per heavy atom. The van der Waals surface area contributed by atoms with Crippen LogP contribution in [-0.4, -0.2) is 72.6 Å². The van der Waals surface area contributed by atoms with Crippen LogP contribution < -0.4 is 11.1 Å². The van der Waals surface area contributed by atoms with Gasteiger partial charge in [0.25, 0.3) is 5.91 Å². The molecular formula is C28H38N4O3. The summed E-state index contributed by atoms with van der Waals surface area (Å²) in [6.07, 6.45) is 2.90. The van der Waals surface area contributed by atoms with E-state index in [1.54, 1.807) is 4.90 Å². The van der Waals surface area contributed by atoms with Crippen LogP contribution in [0.15, 0.2) is 48.5 Å². The number of likely N-dealkylation sites (tertiary alicyclic amines) is 1. The molecule has 2 amide bonds. The molecule has 35 heavy (non-hydrogen) atoms. The molecule has 0 aliphatic carbocycles. The summed E-state index contributed by atoms with van der Waals surface area (Å²) in [6, 6.07) is 15.7. The lowest BCUT2D eigenvalue weighted by atomic mass is 10.1. The lowest BCUT2D eigenvalue weighted by molar-refractivity contribution is -0.124. The van der Waals surface area contributed by atoms with Crippen molar-refractivity contribution in [2.45, 2.75) is 57.8 Å². The molecule has 0 saturated carbocycles. The van der Waals surface area contributed by atoms with E-state index in [1.807, 2.05) is 31.2 Å². The van der Waals surface area contributed by atoms with Crippen LogP contribution >= 0.6 is 0 Å². The highest BCUT2D eigenvalue weighted by molar-refractivity contribution is 5.98. The van der Waals surface area contributed by atoms with Gasteiger partial charge in [0.1, 0.15) is 6.04 Å². The second-order valence-electron chi connectivity index (χ2n) is 9.86. The molecule has 2 aromatic carbocycles. The highest BCUT2D eigenvalue weighted by atomic mass is 16.5. The normalized spacial score (nSPS) is 22.1. The van der Waals surface area contributed by atoms with Gasteiger partial charge in [-0.3, -0.25) is 14.5 Å². The second-order valence-corrected chi connectivity index (χ2v) is 9.86. The van der Waals surface area contributed by atoms with Gasteiger partial charge in [-0.1, -0.05) is 47.5 Å². The maximum absolute atomic E-state index is 13.5. The number of hydrogen-bond acceptors (Lipinski definition) is 5. The Balaban J connectivity index is 1.57. The topological polar surface area (TPSA) is 87.9 Å². The number of nitrogens with two attached hydrogens (primary N) is 1. The smallest absolute Gasteiger partial charge is 0.254 e. The zero-order chi connectivity index (χ0) is 24.8. The van der Waals surface area contributed by atoms with E-state index < -0.39 is 6.04 Å². The van der Waals surface area contributed by atoms with Crippen molar-refractivity contribution in [2.75, 3.05) is 32.8 Å². The van der Waals surface area contributed by atoms with Gasteiger partial charge < -0.3 is 20.7 Å². The van der Waals surface area contributed by atoms with Crippen LogP contribution in [0.3, 0.4) is 0 Å². The monoisotopic (exact) mass is 478 g/mol. The minimum Gasteiger partial charge on any atom is -0.377 e. The number of benzene rings is 2. The number of nitrogens with zero attached hydrogens (tertiary/aromatic N) is 2. The minimum absolute atomic E-state index is 0.0588. The molecule has 7 heteroatoms. The fraction of sp³-hybridized carbons (Fsp3) is 0.500. The van der Waals surface area contributed by atoms with Crippen molar-refractivity contribution in [1.82, 2.24) is 15.1 Å². The average molecular weight is 479 g/mol. The number of amides is 2. The quantitative estimate of drug-likeness (QED) is 0.579. The highest BCUT2D eigenvalue weighted by Gasteiger charge is 2.42. The first-order chi connectivity index (χ1) is 16.9. The highest BCUT2D eigenvalue weighted by Crippen LogP contribution is 2.28. The van der Waals surface area contributed by atoms with Gasteiger partial charge in [-0.2, -0.15) is 0 Å². The van der Waals surface area contributed by atoms with E-state index in [0.29, 0.717) is 31.6 Å². The number of nitrogens with one attached hydrogen (secondary N) is 1. The Hall–Kier alpha value is -2.74. The van der Waals surface area contributed by atoms with Crippen LogP contribution in [-0.2, 0) is 16.1 Å². The summed E-state index contributed by atoms with van der Waals surface area (Å²) in [6.45, 7) is 7.71. The van der Waals surface area contributed by atoms with E-state index in [1.165, 1.54) is 11.1 Å². The summed E-state index contributed by atoms with van der Waals surface area (Å²) >= 11 is 0. The summed E-state index contributed by atoms with van der Waals surface area (Å²) in [7, 11) is 0. The zero-order valence-corrected chi connectivity index (χ0v) is 20.9. The molecule has 0 spiro atoms. The van der Waals surface area contributed by atoms with E-state index in [9.17, 15) is 9.59 Å². The molecule has 3 atom stereocenters. The van der Waals surface area contributed by atoms with Crippen molar-refractivity contribution in [1.29, 1.82) is 0 Å². The van der Waals surface area contributed by atoms with Crippen LogP contribution in [0.1, 0.15) is 46.3 Å². The van der Waals surface area contributed by atoms with E-state index in [4.69, 9.17) is 10.5 Å². The molecule has 2 aliphatic heterocycles. The van der Waals surface area contributed by atoms with Crippen molar-refractivity contribution >= 4 is 11.8 Å². The largest absolute Gasteiger partial charge is 0.377 e. The average Bonchev–Trinajstić information content (AvgIpc) is 3.54. The van der Waals surface area contributed by atoms with Crippen LogP contribution in [0.25, 0.3) is 0 Å². The SMILES string of the molecule is Cc1ccc(CN(CC2CCCO2)C2CC(C(=O)NCCN)N(C(=O)c3ccc(C)cc3)C2)cc1. The van der Waals surface area contributed by atoms with E-state index in [2.05, 4.69) is 41.4 Å². The molecule has 2 aromatic rings. The van der Waals surface area contributed by atoms with Gasteiger partial charge in [0.2, 0.25) is 5.91 Å². The first kappa shape index (κ1) is 25.4. The van der Waals surface area contributed by atoms with Gasteiger partial charge >= 0.3 is 0 Å². The van der Waals surface area contributed by atoms with E-state index in [0.717, 1.165) is 38.1 Å². The van der Waals surface area contributed by atoms with Crippen molar-refractivity contribution in [2.24, 2.45) is 5.73 Å². The molecule has 7 nitrogen and oxygen atoms in total. The fourth-order valence-corrected chi connectivity index (χ4v) is 5.05. The van der Waals surface area contributed by atoms with Crippen LogP contribution in [0, 0.1) is 13.8 Å². The van der Waals surface area contributed by atoms with Gasteiger partial charge in [0.15, 0.2) is 0 Å². The number of hydrogen-bond donors (Lipinski definition) is 2. The summed E-state index contributed by atoms with van der Waals surface area (Å²) < 4.78 is 5.97. The predicted molar refractivity (Wildman–Crippen MR) is 137 cm³/mol. The number of ether oxygens (including phenoxy) is 1. The third kappa shape index (κ3) is 6.48. The third-order valence-electron chi connectivity index (χ3n) is 7.07. The third-order valence-corrected chi connectivity index (χ3v) is 7.07. The number of carbonyl (C=O) groups excluding carboxylic acids is 2. The standard InChI is InChI=1S/C28H38N4O3/c1-20-5-9-22(10-6-20)17-31(19-25-4-3-15-35-25)24-16-26(27(33)30-14-13-29)32(18-24)28(34)23-11-7-21(2)8-12-23/h5-12,24-26H,3-4,13-19,29H2,1-2H3,(H,30,33). The minimum atomic E-state index is -0.523. The van der Waals surface area contributed by atoms with Crippen molar-refractivity contribution in [3.63, 3.8) is 0 Å². The first-order valence-electron chi connectivity index (χ1n) is 12.7. The van der Waals surface area contributed by atoms with Crippen molar-refractivity contribution in [3.05, 3.63) is 70.8 Å². The predicted octanol–water partition coefficient (Wildman–Crippen LogP) is 2.64. The molecule has 0 radical (unpaired) electrons. The van der Waals surface area contributed by atoms with Crippen molar-refractivity contribution in [3.8, 4) is 0 Å². The van der Waals surface area contributed by atoms with E-state index in [-0.39, 0.29) is 24.0 Å². The summed E-state index contributed by atoms with van der Waals surface area (Å²) in [5.74, 6) is -0.237. The van der Waals surface area contributed by atoms with Crippen LogP contribution in [0.4, 0.5) is 0 Å². The lowest BCUT2D eigenvalue weighted by Crippen LogP contribution is -2.47. The van der Waals surface area contributed by atoms with Crippen molar-refractivity contribution < 1.29 is 14.3 Å². The molecule has 0 bridgehead atoms. The Morgan fingerprint density at radius 2 is 1.77 bits per heavy atom. The Labute approximate surface area is 208 Å². The van der Waals surface area contributed by atoms with Crippen LogP contribution in [0.2, 0.25) is 0 Å². The van der Waals surface area contributed by atoms with Gasteiger partial charge in [-0.05, 0) is 50.8 Å². The number of rotatable bonds is 9. The molecule has 0 aromatic heterocycles. The molecule has 2 aliphatic rings.